The molecular weight excluding hydrogens is 287 g/mol. The van der Waals surface area contributed by atoms with Gasteiger partial charge in [0.15, 0.2) is 7.14 Å². The van der Waals surface area contributed by atoms with Gasteiger partial charge in [-0.2, -0.15) is 0 Å². The Bertz CT molecular complexity index is 690. The standard InChI is InChI=1S/C20H23OP/c1-16-8-12-19(13-9-16)22(21,18-6-4-3-5-7-18)20-14-10-17(2)11-15-20/h3-8,10,12,14H,9,11,13,15H2,1-2H3. The van der Waals surface area contributed by atoms with E-state index in [0.717, 1.165) is 41.6 Å². The molecule has 0 aliphatic heterocycles. The minimum Gasteiger partial charge on any atom is -0.309 e. The van der Waals surface area contributed by atoms with Crippen molar-refractivity contribution in [1.82, 2.24) is 0 Å². The molecule has 0 saturated heterocycles. The van der Waals surface area contributed by atoms with E-state index in [4.69, 9.17) is 0 Å². The molecule has 22 heavy (non-hydrogen) atoms. The lowest BCUT2D eigenvalue weighted by atomic mass is 10.1. The summed E-state index contributed by atoms with van der Waals surface area (Å²) in [5.74, 6) is 0. The monoisotopic (exact) mass is 310 g/mol. The van der Waals surface area contributed by atoms with Gasteiger partial charge in [0.25, 0.3) is 0 Å². The third-order valence-corrected chi connectivity index (χ3v) is 7.99. The Morgan fingerprint density at radius 1 is 0.727 bits per heavy atom. The molecule has 0 N–H and O–H groups in total. The molecule has 0 radical (unpaired) electrons. The molecule has 0 aromatic heterocycles. The molecule has 0 saturated carbocycles. The molecule has 2 aliphatic carbocycles. The smallest absolute Gasteiger partial charge is 0.163 e. The summed E-state index contributed by atoms with van der Waals surface area (Å²) in [6.07, 6.45) is 12.4. The zero-order chi connectivity index (χ0) is 15.6. The van der Waals surface area contributed by atoms with Crippen LogP contribution in [0.4, 0.5) is 0 Å². The lowest BCUT2D eigenvalue weighted by Gasteiger charge is -2.28. The second-order valence-corrected chi connectivity index (χ2v) is 9.17. The summed E-state index contributed by atoms with van der Waals surface area (Å²) < 4.78 is 14.1. The van der Waals surface area contributed by atoms with Crippen LogP contribution in [0.5, 0.6) is 0 Å². The molecule has 1 aromatic carbocycles. The van der Waals surface area contributed by atoms with E-state index in [-0.39, 0.29) is 0 Å². The van der Waals surface area contributed by atoms with Crippen LogP contribution < -0.4 is 5.30 Å². The van der Waals surface area contributed by atoms with E-state index in [2.05, 4.69) is 38.2 Å². The maximum Gasteiger partial charge on any atom is 0.163 e. The van der Waals surface area contributed by atoms with E-state index in [1.807, 2.05) is 30.3 Å². The molecule has 1 aromatic rings. The van der Waals surface area contributed by atoms with Gasteiger partial charge in [0.1, 0.15) is 0 Å². The van der Waals surface area contributed by atoms with Gasteiger partial charge in [-0.15, -0.1) is 0 Å². The third kappa shape index (κ3) is 2.83. The van der Waals surface area contributed by atoms with Gasteiger partial charge in [-0.25, -0.2) is 0 Å². The minimum absolute atomic E-state index is 0.911. The highest BCUT2D eigenvalue weighted by molar-refractivity contribution is 7.79. The summed E-state index contributed by atoms with van der Waals surface area (Å²) in [5.41, 5.74) is 2.74. The minimum atomic E-state index is -2.64. The maximum absolute atomic E-state index is 14.1. The largest absolute Gasteiger partial charge is 0.309 e. The van der Waals surface area contributed by atoms with Gasteiger partial charge < -0.3 is 4.57 Å². The first-order valence-electron chi connectivity index (χ1n) is 8.00. The Balaban J connectivity index is 2.14. The van der Waals surface area contributed by atoms with Crippen LogP contribution in [0, 0.1) is 0 Å². The molecule has 114 valence electrons. The summed E-state index contributed by atoms with van der Waals surface area (Å²) in [7, 11) is -2.64. The number of hydrogen-bond acceptors (Lipinski definition) is 1. The van der Waals surface area contributed by atoms with Crippen LogP contribution in [0.2, 0.25) is 0 Å². The van der Waals surface area contributed by atoms with Crippen LogP contribution >= 0.6 is 7.14 Å². The molecule has 1 nitrogen and oxygen atoms in total. The van der Waals surface area contributed by atoms with E-state index in [0.29, 0.717) is 0 Å². The summed E-state index contributed by atoms with van der Waals surface area (Å²) in [6.45, 7) is 4.29. The Kier molecular flexibility index (Phi) is 4.36. The van der Waals surface area contributed by atoms with Crippen molar-refractivity contribution < 1.29 is 4.57 Å². The van der Waals surface area contributed by atoms with Gasteiger partial charge >= 0.3 is 0 Å². The first-order chi connectivity index (χ1) is 10.6. The average Bonchev–Trinajstić information content (AvgIpc) is 2.56. The Morgan fingerprint density at radius 2 is 1.23 bits per heavy atom. The molecule has 0 amide bonds. The van der Waals surface area contributed by atoms with Gasteiger partial charge in [0, 0.05) is 5.30 Å². The van der Waals surface area contributed by atoms with Crippen LogP contribution in [-0.2, 0) is 4.57 Å². The molecule has 2 aliphatic rings. The van der Waals surface area contributed by atoms with Crippen LogP contribution in [-0.4, -0.2) is 0 Å². The van der Waals surface area contributed by atoms with Gasteiger partial charge in [-0.1, -0.05) is 65.8 Å². The summed E-state index contributed by atoms with van der Waals surface area (Å²) in [6, 6.07) is 10.0. The van der Waals surface area contributed by atoms with Gasteiger partial charge in [-0.05, 0) is 50.2 Å². The van der Waals surface area contributed by atoms with Gasteiger partial charge in [0.05, 0.1) is 0 Å². The quantitative estimate of drug-likeness (QED) is 0.633. The van der Waals surface area contributed by atoms with E-state index >= 15 is 0 Å². The van der Waals surface area contributed by atoms with Crippen molar-refractivity contribution in [3.8, 4) is 0 Å². The van der Waals surface area contributed by atoms with Crippen molar-refractivity contribution in [2.75, 3.05) is 0 Å². The summed E-state index contributed by atoms with van der Waals surface area (Å²) in [5, 5.41) is 3.21. The van der Waals surface area contributed by atoms with E-state index in [9.17, 15) is 4.57 Å². The van der Waals surface area contributed by atoms with Crippen LogP contribution in [0.25, 0.3) is 0 Å². The Labute approximate surface area is 133 Å². The number of allylic oxidation sites excluding steroid dienone is 8. The van der Waals surface area contributed by atoms with Crippen LogP contribution in [0.3, 0.4) is 0 Å². The molecular formula is C20H23OP. The van der Waals surface area contributed by atoms with Gasteiger partial charge in [-0.3, -0.25) is 0 Å². The highest BCUT2D eigenvalue weighted by atomic mass is 31.2. The molecule has 0 heterocycles. The Morgan fingerprint density at radius 3 is 1.64 bits per heavy atom. The van der Waals surface area contributed by atoms with E-state index < -0.39 is 7.14 Å². The second kappa shape index (κ2) is 6.26. The SMILES string of the molecule is CC1=CC=C(P(=O)(C2=CC=C(C)CC2)c2ccccc2)CC1. The van der Waals surface area contributed by atoms with Crippen molar-refractivity contribution >= 4 is 12.4 Å². The fourth-order valence-electron chi connectivity index (χ4n) is 3.14. The highest BCUT2D eigenvalue weighted by Crippen LogP contribution is 2.63. The number of rotatable bonds is 3. The van der Waals surface area contributed by atoms with Crippen molar-refractivity contribution in [1.29, 1.82) is 0 Å². The fraction of sp³-hybridized carbons (Fsp3) is 0.300. The van der Waals surface area contributed by atoms with Gasteiger partial charge in [0.2, 0.25) is 0 Å². The molecule has 2 heteroatoms. The fourth-order valence-corrected chi connectivity index (χ4v) is 6.19. The molecule has 0 atom stereocenters. The summed E-state index contributed by atoms with van der Waals surface area (Å²) in [4.78, 5) is 0. The van der Waals surface area contributed by atoms with Crippen molar-refractivity contribution in [2.45, 2.75) is 39.5 Å². The predicted octanol–water partition coefficient (Wildman–Crippen LogP) is 5.92. The maximum atomic E-state index is 14.1. The normalized spacial score (nSPS) is 19.0. The molecule has 0 fully saturated rings. The molecule has 3 rings (SSSR count). The first-order valence-corrected chi connectivity index (χ1v) is 9.71. The number of hydrogen-bond donors (Lipinski definition) is 0. The Hall–Kier alpha value is -1.59. The zero-order valence-corrected chi connectivity index (χ0v) is 14.3. The third-order valence-electron chi connectivity index (χ3n) is 4.60. The van der Waals surface area contributed by atoms with Crippen LogP contribution in [0.1, 0.15) is 39.5 Å². The second-order valence-electron chi connectivity index (χ2n) is 6.29. The predicted molar refractivity (Wildman–Crippen MR) is 95.8 cm³/mol. The zero-order valence-electron chi connectivity index (χ0n) is 13.4. The van der Waals surface area contributed by atoms with E-state index in [1.165, 1.54) is 11.1 Å². The van der Waals surface area contributed by atoms with Crippen molar-refractivity contribution in [3.05, 3.63) is 76.4 Å². The average molecular weight is 310 g/mol. The first kappa shape index (κ1) is 15.3. The summed E-state index contributed by atoms with van der Waals surface area (Å²) >= 11 is 0. The molecule has 0 unspecified atom stereocenters. The number of benzene rings is 1. The lowest BCUT2D eigenvalue weighted by Crippen LogP contribution is -2.11. The van der Waals surface area contributed by atoms with Crippen molar-refractivity contribution in [2.24, 2.45) is 0 Å². The van der Waals surface area contributed by atoms with E-state index in [1.54, 1.807) is 0 Å². The van der Waals surface area contributed by atoms with Crippen LogP contribution in [0.15, 0.2) is 76.4 Å². The van der Waals surface area contributed by atoms with Crippen molar-refractivity contribution in [3.63, 3.8) is 0 Å². The lowest BCUT2D eigenvalue weighted by molar-refractivity contribution is 0.585. The highest BCUT2D eigenvalue weighted by Gasteiger charge is 2.34. The molecule has 0 bridgehead atoms. The topological polar surface area (TPSA) is 17.1 Å². The molecule has 0 spiro atoms.